The highest BCUT2D eigenvalue weighted by Crippen LogP contribution is 2.25. The molecule has 1 unspecified atom stereocenters. The van der Waals surface area contributed by atoms with Gasteiger partial charge in [-0.2, -0.15) is 0 Å². The molecule has 15 heavy (non-hydrogen) atoms. The molecule has 0 amide bonds. The van der Waals surface area contributed by atoms with E-state index in [-0.39, 0.29) is 5.75 Å². The average Bonchev–Trinajstić information content (AvgIpc) is 2.18. The van der Waals surface area contributed by atoms with Gasteiger partial charge < -0.3 is 10.2 Å². The molecule has 2 heteroatoms. The highest BCUT2D eigenvalue weighted by Gasteiger charge is 2.09. The summed E-state index contributed by atoms with van der Waals surface area (Å²) in [7, 11) is 0. The Balaban J connectivity index is 2.65. The number of aromatic hydroxyl groups is 1. The van der Waals surface area contributed by atoms with Crippen molar-refractivity contribution in [1.29, 1.82) is 0 Å². The molecule has 0 aliphatic rings. The van der Waals surface area contributed by atoms with E-state index in [2.05, 4.69) is 13.8 Å². The molecule has 0 aliphatic carbocycles. The van der Waals surface area contributed by atoms with E-state index in [4.69, 9.17) is 0 Å². The topological polar surface area (TPSA) is 40.5 Å². The molecular weight excluding hydrogens is 188 g/mol. The van der Waals surface area contributed by atoms with Gasteiger partial charge in [0.15, 0.2) is 0 Å². The van der Waals surface area contributed by atoms with Crippen LogP contribution in [0.3, 0.4) is 0 Å². The molecule has 1 atom stereocenters. The number of phenolic OH excluding ortho intramolecular Hbond substituents is 1. The van der Waals surface area contributed by atoms with Gasteiger partial charge in [-0.25, -0.2) is 0 Å². The van der Waals surface area contributed by atoms with Crippen molar-refractivity contribution in [2.45, 2.75) is 39.7 Å². The van der Waals surface area contributed by atoms with E-state index >= 15 is 0 Å². The molecule has 0 saturated heterocycles. The van der Waals surface area contributed by atoms with E-state index in [1.54, 1.807) is 6.07 Å². The first-order chi connectivity index (χ1) is 7.00. The minimum atomic E-state index is -0.459. The van der Waals surface area contributed by atoms with Crippen LogP contribution in [-0.4, -0.2) is 10.2 Å². The summed E-state index contributed by atoms with van der Waals surface area (Å²) < 4.78 is 0. The van der Waals surface area contributed by atoms with Crippen LogP contribution in [0, 0.1) is 12.8 Å². The lowest BCUT2D eigenvalue weighted by Gasteiger charge is -2.13. The molecule has 1 rings (SSSR count). The largest absolute Gasteiger partial charge is 0.508 e. The van der Waals surface area contributed by atoms with Crippen LogP contribution < -0.4 is 0 Å². The molecule has 0 heterocycles. The van der Waals surface area contributed by atoms with Crippen LogP contribution in [0.2, 0.25) is 0 Å². The Morgan fingerprint density at radius 3 is 2.40 bits per heavy atom. The van der Waals surface area contributed by atoms with Crippen LogP contribution >= 0.6 is 0 Å². The van der Waals surface area contributed by atoms with E-state index in [1.807, 2.05) is 19.1 Å². The first kappa shape index (κ1) is 12.1. The van der Waals surface area contributed by atoms with Crippen LogP contribution in [0.1, 0.15) is 43.9 Å². The van der Waals surface area contributed by atoms with Gasteiger partial charge in [0.1, 0.15) is 5.75 Å². The molecule has 0 bridgehead atoms. The number of hydrogen-bond acceptors (Lipinski definition) is 2. The summed E-state index contributed by atoms with van der Waals surface area (Å²) in [6, 6.07) is 5.36. The van der Waals surface area contributed by atoms with Crippen LogP contribution in [0.15, 0.2) is 18.2 Å². The molecule has 2 N–H and O–H groups in total. The van der Waals surface area contributed by atoms with Gasteiger partial charge in [-0.3, -0.25) is 0 Å². The summed E-state index contributed by atoms with van der Waals surface area (Å²) in [5, 5.41) is 19.4. The van der Waals surface area contributed by atoms with Crippen LogP contribution in [0.5, 0.6) is 5.75 Å². The Morgan fingerprint density at radius 1 is 1.20 bits per heavy atom. The molecule has 0 saturated carbocycles. The molecular formula is C13H20O2. The smallest absolute Gasteiger partial charge is 0.118 e. The molecule has 0 aliphatic heterocycles. The third kappa shape index (κ3) is 3.56. The quantitative estimate of drug-likeness (QED) is 0.797. The van der Waals surface area contributed by atoms with Gasteiger partial charge in [0.05, 0.1) is 6.10 Å². The summed E-state index contributed by atoms with van der Waals surface area (Å²) in [6.45, 7) is 6.12. The zero-order chi connectivity index (χ0) is 11.4. The molecule has 0 spiro atoms. The second-order valence-electron chi connectivity index (χ2n) is 4.53. The van der Waals surface area contributed by atoms with Crippen molar-refractivity contribution >= 4 is 0 Å². The first-order valence-electron chi connectivity index (χ1n) is 5.48. The van der Waals surface area contributed by atoms with Gasteiger partial charge in [0.25, 0.3) is 0 Å². The first-order valence-corrected chi connectivity index (χ1v) is 5.48. The Bertz CT molecular complexity index is 318. The van der Waals surface area contributed by atoms with Gasteiger partial charge in [0, 0.05) is 0 Å². The van der Waals surface area contributed by atoms with Crippen molar-refractivity contribution < 1.29 is 10.2 Å². The Hall–Kier alpha value is -1.02. The Labute approximate surface area is 91.6 Å². The average molecular weight is 208 g/mol. The van der Waals surface area contributed by atoms with Crippen molar-refractivity contribution in [2.75, 3.05) is 0 Å². The van der Waals surface area contributed by atoms with Crippen molar-refractivity contribution in [3.05, 3.63) is 29.3 Å². The lowest BCUT2D eigenvalue weighted by atomic mass is 9.99. The van der Waals surface area contributed by atoms with Crippen LogP contribution in [0.25, 0.3) is 0 Å². The number of phenols is 1. The third-order valence-corrected chi connectivity index (χ3v) is 2.64. The molecule has 2 nitrogen and oxygen atoms in total. The number of rotatable bonds is 4. The fourth-order valence-corrected chi connectivity index (χ4v) is 1.49. The van der Waals surface area contributed by atoms with E-state index in [0.29, 0.717) is 5.92 Å². The van der Waals surface area contributed by atoms with Gasteiger partial charge >= 0.3 is 0 Å². The fraction of sp³-hybridized carbons (Fsp3) is 0.538. The van der Waals surface area contributed by atoms with Crippen molar-refractivity contribution in [3.8, 4) is 5.75 Å². The SMILES string of the molecule is Cc1ccc(C(O)CCC(C)C)cc1O. The lowest BCUT2D eigenvalue weighted by Crippen LogP contribution is -2.00. The molecule has 84 valence electrons. The number of hydrogen-bond donors (Lipinski definition) is 2. The molecule has 1 aromatic carbocycles. The van der Waals surface area contributed by atoms with Crippen LogP contribution in [-0.2, 0) is 0 Å². The summed E-state index contributed by atoms with van der Waals surface area (Å²) in [6.07, 6.45) is 1.29. The summed E-state index contributed by atoms with van der Waals surface area (Å²) >= 11 is 0. The number of aliphatic hydroxyl groups is 1. The number of aliphatic hydroxyl groups excluding tert-OH is 1. The molecule has 0 aromatic heterocycles. The summed E-state index contributed by atoms with van der Waals surface area (Å²) in [4.78, 5) is 0. The van der Waals surface area contributed by atoms with Gasteiger partial charge in [-0.15, -0.1) is 0 Å². The number of benzene rings is 1. The minimum Gasteiger partial charge on any atom is -0.508 e. The minimum absolute atomic E-state index is 0.260. The monoisotopic (exact) mass is 208 g/mol. The third-order valence-electron chi connectivity index (χ3n) is 2.64. The van der Waals surface area contributed by atoms with Gasteiger partial charge in [-0.05, 0) is 42.9 Å². The standard InChI is InChI=1S/C13H20O2/c1-9(2)4-7-12(14)11-6-5-10(3)13(15)8-11/h5-6,8-9,12,14-15H,4,7H2,1-3H3. The molecule has 0 radical (unpaired) electrons. The fourth-order valence-electron chi connectivity index (χ4n) is 1.49. The maximum absolute atomic E-state index is 9.87. The Morgan fingerprint density at radius 2 is 1.87 bits per heavy atom. The summed E-state index contributed by atoms with van der Waals surface area (Å²) in [5.74, 6) is 0.856. The second kappa shape index (κ2) is 5.17. The second-order valence-corrected chi connectivity index (χ2v) is 4.53. The summed E-state index contributed by atoms with van der Waals surface area (Å²) in [5.41, 5.74) is 1.65. The normalized spacial score (nSPS) is 13.1. The van der Waals surface area contributed by atoms with E-state index < -0.39 is 6.10 Å². The molecule has 1 aromatic rings. The van der Waals surface area contributed by atoms with Crippen LogP contribution in [0.4, 0.5) is 0 Å². The Kier molecular flexibility index (Phi) is 4.15. The predicted molar refractivity (Wildman–Crippen MR) is 61.9 cm³/mol. The maximum atomic E-state index is 9.87. The zero-order valence-electron chi connectivity index (χ0n) is 9.70. The highest BCUT2D eigenvalue weighted by molar-refractivity contribution is 5.36. The zero-order valence-corrected chi connectivity index (χ0v) is 9.70. The van der Waals surface area contributed by atoms with Crippen molar-refractivity contribution in [2.24, 2.45) is 5.92 Å². The predicted octanol–water partition coefficient (Wildman–Crippen LogP) is 3.17. The lowest BCUT2D eigenvalue weighted by molar-refractivity contribution is 0.159. The van der Waals surface area contributed by atoms with Gasteiger partial charge in [-0.1, -0.05) is 26.0 Å². The highest BCUT2D eigenvalue weighted by atomic mass is 16.3. The van der Waals surface area contributed by atoms with E-state index in [0.717, 1.165) is 24.0 Å². The number of aryl methyl sites for hydroxylation is 1. The van der Waals surface area contributed by atoms with E-state index in [9.17, 15) is 10.2 Å². The van der Waals surface area contributed by atoms with Gasteiger partial charge in [0.2, 0.25) is 0 Å². The molecule has 0 fully saturated rings. The van der Waals surface area contributed by atoms with Crippen molar-refractivity contribution in [1.82, 2.24) is 0 Å². The maximum Gasteiger partial charge on any atom is 0.118 e. The van der Waals surface area contributed by atoms with E-state index in [1.165, 1.54) is 0 Å². The van der Waals surface area contributed by atoms with Crippen molar-refractivity contribution in [3.63, 3.8) is 0 Å².